The summed E-state index contributed by atoms with van der Waals surface area (Å²) < 4.78 is 128. The van der Waals surface area contributed by atoms with Crippen molar-refractivity contribution in [3.63, 3.8) is 0 Å². The predicted molar refractivity (Wildman–Crippen MR) is 174 cm³/mol. The quantitative estimate of drug-likeness (QED) is 0.131. The summed E-state index contributed by atoms with van der Waals surface area (Å²) in [5.41, 5.74) is -1.68. The van der Waals surface area contributed by atoms with E-state index in [-0.39, 0.29) is 44.3 Å². The average Bonchev–Trinajstić information content (AvgIpc) is 3.10. The summed E-state index contributed by atoms with van der Waals surface area (Å²) in [5, 5.41) is 0. The molecule has 6 rings (SSSR count). The minimum absolute atomic E-state index is 0.00541. The molecule has 260 valence electrons. The van der Waals surface area contributed by atoms with E-state index >= 15 is 0 Å². The Balaban J connectivity index is 1.10. The zero-order valence-electron chi connectivity index (χ0n) is 26.0. The molecule has 13 heteroatoms. The fourth-order valence-electron chi connectivity index (χ4n) is 4.71. The van der Waals surface area contributed by atoms with Crippen LogP contribution in [0.3, 0.4) is 0 Å². The highest BCUT2D eigenvalue weighted by Gasteiger charge is 2.31. The van der Waals surface area contributed by atoms with Gasteiger partial charge in [0.15, 0.2) is 0 Å². The molecular weight excluding hydrogens is 698 g/mol. The minimum Gasteiger partial charge on any atom is -0.457 e. The topological polar surface area (TPSA) is 71.1 Å². The van der Waals surface area contributed by atoms with Gasteiger partial charge in [0.05, 0.1) is 20.9 Å². The third kappa shape index (κ3) is 8.81. The van der Waals surface area contributed by atoms with Gasteiger partial charge >= 0.3 is 12.4 Å². The third-order valence-corrected chi connectivity index (χ3v) is 8.89. The molecule has 0 radical (unpaired) electrons. The monoisotopic (exact) mass is 722 g/mol. The maximum atomic E-state index is 13.6. The molecule has 0 aliphatic heterocycles. The van der Waals surface area contributed by atoms with Gasteiger partial charge in [-0.2, -0.15) is 26.3 Å². The molecule has 0 spiro atoms. The number of hydrogen-bond acceptors (Lipinski definition) is 6. The molecule has 0 aliphatic carbocycles. The van der Waals surface area contributed by atoms with E-state index in [2.05, 4.69) is 0 Å². The van der Waals surface area contributed by atoms with Crippen LogP contribution in [0.1, 0.15) is 11.1 Å². The Morgan fingerprint density at radius 3 is 0.922 bits per heavy atom. The van der Waals surface area contributed by atoms with E-state index in [0.717, 1.165) is 24.3 Å². The van der Waals surface area contributed by atoms with Gasteiger partial charge in [0, 0.05) is 0 Å². The zero-order chi connectivity index (χ0) is 36.2. The van der Waals surface area contributed by atoms with Gasteiger partial charge in [-0.05, 0) is 121 Å². The summed E-state index contributed by atoms with van der Waals surface area (Å²) in [6.45, 7) is 0. The van der Waals surface area contributed by atoms with Crippen molar-refractivity contribution in [2.75, 3.05) is 0 Å². The predicted octanol–water partition coefficient (Wildman–Crippen LogP) is 11.7. The zero-order valence-corrected chi connectivity index (χ0v) is 26.8. The summed E-state index contributed by atoms with van der Waals surface area (Å²) in [6, 6.07) is 32.7. The number of sulfone groups is 1. The maximum Gasteiger partial charge on any atom is 0.416 e. The smallest absolute Gasteiger partial charge is 0.416 e. The van der Waals surface area contributed by atoms with Crippen molar-refractivity contribution >= 4 is 9.84 Å². The average molecular weight is 723 g/mol. The van der Waals surface area contributed by atoms with Crippen molar-refractivity contribution in [2.24, 2.45) is 0 Å². The van der Waals surface area contributed by atoms with Gasteiger partial charge in [0.1, 0.15) is 46.0 Å². The molecule has 6 aromatic carbocycles. The second-order valence-corrected chi connectivity index (χ2v) is 12.8. The Bertz CT molecular complexity index is 2100. The van der Waals surface area contributed by atoms with Crippen molar-refractivity contribution < 1.29 is 53.7 Å². The number of hydrogen-bond donors (Lipinski definition) is 0. The van der Waals surface area contributed by atoms with Crippen molar-refractivity contribution in [1.82, 2.24) is 0 Å². The Labute approximate surface area is 288 Å². The second-order valence-electron chi connectivity index (χ2n) is 10.9. The van der Waals surface area contributed by atoms with Crippen LogP contribution >= 0.6 is 0 Å². The molecule has 6 nitrogen and oxygen atoms in total. The van der Waals surface area contributed by atoms with Crippen LogP contribution in [0.5, 0.6) is 46.0 Å². The summed E-state index contributed by atoms with van der Waals surface area (Å²) in [7, 11) is -4.04. The van der Waals surface area contributed by atoms with Gasteiger partial charge in [0.25, 0.3) is 0 Å². The minimum atomic E-state index is -4.51. The van der Waals surface area contributed by atoms with Gasteiger partial charge in [-0.15, -0.1) is 0 Å². The highest BCUT2D eigenvalue weighted by molar-refractivity contribution is 7.91. The molecule has 0 saturated carbocycles. The van der Waals surface area contributed by atoms with Crippen molar-refractivity contribution in [2.45, 2.75) is 22.1 Å². The normalized spacial score (nSPS) is 11.9. The third-order valence-electron chi connectivity index (χ3n) is 7.14. The van der Waals surface area contributed by atoms with Gasteiger partial charge < -0.3 is 18.9 Å². The second kappa shape index (κ2) is 14.1. The first-order valence-corrected chi connectivity index (χ1v) is 16.4. The van der Waals surface area contributed by atoms with Gasteiger partial charge in [-0.1, -0.05) is 24.3 Å². The molecule has 0 heterocycles. The number of ether oxygens (including phenoxy) is 4. The molecule has 6 aromatic rings. The van der Waals surface area contributed by atoms with Crippen LogP contribution in [-0.2, 0) is 22.2 Å². The SMILES string of the molecule is O=S(=O)(c1cccc(Oc2ccc(Oc3cccc(C(F)(F)F)c3)cc2)c1)c1cccc(Oc2ccc(Oc3cccc(C(F)(F)F)c3)cc2)c1. The maximum absolute atomic E-state index is 13.6. The molecule has 0 aliphatic rings. The van der Waals surface area contributed by atoms with Crippen LogP contribution in [0.15, 0.2) is 155 Å². The first-order chi connectivity index (χ1) is 24.2. The Morgan fingerprint density at radius 1 is 0.353 bits per heavy atom. The van der Waals surface area contributed by atoms with E-state index in [1.54, 1.807) is 12.1 Å². The molecule has 0 unspecified atom stereocenters. The van der Waals surface area contributed by atoms with E-state index in [0.29, 0.717) is 11.5 Å². The van der Waals surface area contributed by atoms with Crippen molar-refractivity contribution in [3.05, 3.63) is 157 Å². The van der Waals surface area contributed by atoms with E-state index in [1.807, 2.05) is 0 Å². The molecule has 0 amide bonds. The Morgan fingerprint density at radius 2 is 0.627 bits per heavy atom. The van der Waals surface area contributed by atoms with Crippen molar-refractivity contribution in [3.8, 4) is 46.0 Å². The van der Waals surface area contributed by atoms with Gasteiger partial charge in [0.2, 0.25) is 9.84 Å². The lowest BCUT2D eigenvalue weighted by atomic mass is 10.2. The molecule has 0 bridgehead atoms. The molecule has 0 saturated heterocycles. The van der Waals surface area contributed by atoms with Gasteiger partial charge in [-0.25, -0.2) is 8.42 Å². The molecule has 0 atom stereocenters. The van der Waals surface area contributed by atoms with E-state index in [9.17, 15) is 34.8 Å². The molecule has 0 fully saturated rings. The van der Waals surface area contributed by atoms with Crippen LogP contribution < -0.4 is 18.9 Å². The van der Waals surface area contributed by atoms with E-state index in [4.69, 9.17) is 18.9 Å². The Hall–Kier alpha value is -5.95. The van der Waals surface area contributed by atoms with Crippen LogP contribution in [0, 0.1) is 0 Å². The highest BCUT2D eigenvalue weighted by atomic mass is 32.2. The lowest BCUT2D eigenvalue weighted by Gasteiger charge is -2.12. The number of rotatable bonds is 10. The van der Waals surface area contributed by atoms with E-state index < -0.39 is 33.3 Å². The summed E-state index contributed by atoms with van der Waals surface area (Å²) in [6.07, 6.45) is -9.02. The van der Waals surface area contributed by atoms with Crippen molar-refractivity contribution in [1.29, 1.82) is 0 Å². The number of alkyl halides is 6. The fraction of sp³-hybridized carbons (Fsp3) is 0.0526. The first kappa shape index (κ1) is 34.9. The first-order valence-electron chi connectivity index (χ1n) is 14.9. The lowest BCUT2D eigenvalue weighted by molar-refractivity contribution is -0.138. The number of benzene rings is 6. The molecule has 0 aromatic heterocycles. The van der Waals surface area contributed by atoms with Crippen LogP contribution in [0.4, 0.5) is 26.3 Å². The largest absolute Gasteiger partial charge is 0.457 e. The molecular formula is C38H24F6O6S. The summed E-state index contributed by atoms with van der Waals surface area (Å²) in [4.78, 5) is -0.115. The summed E-state index contributed by atoms with van der Waals surface area (Å²) >= 11 is 0. The number of halogens is 6. The highest BCUT2D eigenvalue weighted by Crippen LogP contribution is 2.36. The lowest BCUT2D eigenvalue weighted by Crippen LogP contribution is -2.04. The Kier molecular flexibility index (Phi) is 9.66. The van der Waals surface area contributed by atoms with Crippen LogP contribution in [0.25, 0.3) is 0 Å². The standard InChI is InChI=1S/C38H24F6O6S/c39-37(40,41)25-5-1-7-31(21-25)47-27-13-17-29(18-14-27)49-33-9-3-11-35(23-33)51(45,46)36-12-4-10-34(24-36)50-30-19-15-28(16-20-30)48-32-8-2-6-26(22-32)38(42,43)44/h1-24H. The van der Waals surface area contributed by atoms with Crippen LogP contribution in [0.2, 0.25) is 0 Å². The van der Waals surface area contributed by atoms with Crippen LogP contribution in [-0.4, -0.2) is 8.42 Å². The van der Waals surface area contributed by atoms with Gasteiger partial charge in [-0.3, -0.25) is 0 Å². The molecule has 0 N–H and O–H groups in total. The fourth-order valence-corrected chi connectivity index (χ4v) is 6.04. The van der Waals surface area contributed by atoms with E-state index in [1.165, 1.54) is 109 Å². The molecule has 51 heavy (non-hydrogen) atoms. The summed E-state index contributed by atoms with van der Waals surface area (Å²) in [5.74, 6) is 1.60.